The van der Waals surface area contributed by atoms with Crippen LogP contribution in [0.1, 0.15) is 24.0 Å². The van der Waals surface area contributed by atoms with E-state index in [4.69, 9.17) is 9.47 Å². The zero-order chi connectivity index (χ0) is 19.3. The van der Waals surface area contributed by atoms with E-state index in [1.54, 1.807) is 0 Å². The summed E-state index contributed by atoms with van der Waals surface area (Å²) in [5, 5.41) is 0. The van der Waals surface area contributed by atoms with Gasteiger partial charge in [-0.05, 0) is 48.6 Å². The van der Waals surface area contributed by atoms with Crippen molar-refractivity contribution in [2.24, 2.45) is 0 Å². The van der Waals surface area contributed by atoms with E-state index in [0.29, 0.717) is 12.2 Å². The van der Waals surface area contributed by atoms with Gasteiger partial charge in [-0.15, -0.1) is 0 Å². The van der Waals surface area contributed by atoms with Crippen molar-refractivity contribution < 1.29 is 19.1 Å². The number of anilines is 1. The molecule has 2 aromatic carbocycles. The van der Waals surface area contributed by atoms with Gasteiger partial charge in [0.1, 0.15) is 0 Å². The molecule has 146 valence electrons. The molecule has 0 saturated carbocycles. The topological polar surface area (TPSA) is 79.9 Å². The molecule has 0 radical (unpaired) electrons. The lowest BCUT2D eigenvalue weighted by molar-refractivity contribution is -0.128. The Morgan fingerprint density at radius 1 is 1.00 bits per heavy atom. The van der Waals surface area contributed by atoms with E-state index in [0.717, 1.165) is 36.4 Å². The maximum atomic E-state index is 12.2. The first-order chi connectivity index (χ1) is 13.7. The number of hydrogen-bond acceptors (Lipinski definition) is 5. The summed E-state index contributed by atoms with van der Waals surface area (Å²) in [5.74, 6) is 0.964. The monoisotopic (exact) mass is 381 g/mol. The van der Waals surface area contributed by atoms with E-state index in [-0.39, 0.29) is 31.6 Å². The summed E-state index contributed by atoms with van der Waals surface area (Å²) < 4.78 is 10.6. The Hall–Kier alpha value is -3.22. The molecule has 2 aromatic rings. The highest BCUT2D eigenvalue weighted by Crippen LogP contribution is 2.32. The molecule has 7 heteroatoms. The molecular formula is C21H23N3O4. The van der Waals surface area contributed by atoms with Gasteiger partial charge in [0.2, 0.25) is 12.7 Å². The number of aryl methyl sites for hydroxylation is 2. The van der Waals surface area contributed by atoms with Crippen molar-refractivity contribution in [3.05, 3.63) is 53.6 Å². The standard InChI is InChI=1S/C21H23N3O4/c25-20(10-8-15-7-9-18-19(12-15)28-14-27-18)22-23-21(26)13-24-11-3-5-16-4-1-2-6-17(16)24/h1-2,4,6-7,9,12H,3,5,8,10-11,13-14H2,(H,22,25)(H,23,26). The molecule has 0 aliphatic carbocycles. The van der Waals surface area contributed by atoms with E-state index in [1.807, 2.05) is 41.3 Å². The van der Waals surface area contributed by atoms with Crippen LogP contribution in [0, 0.1) is 0 Å². The lowest BCUT2D eigenvalue weighted by Gasteiger charge is -2.30. The van der Waals surface area contributed by atoms with Gasteiger partial charge in [0.25, 0.3) is 5.91 Å². The third-order valence-corrected chi connectivity index (χ3v) is 4.96. The average Bonchev–Trinajstić information content (AvgIpc) is 3.19. The zero-order valence-electron chi connectivity index (χ0n) is 15.6. The summed E-state index contributed by atoms with van der Waals surface area (Å²) >= 11 is 0. The number of carbonyl (C=O) groups is 2. The molecule has 0 atom stereocenters. The summed E-state index contributed by atoms with van der Waals surface area (Å²) in [7, 11) is 0. The number of fused-ring (bicyclic) bond motifs is 2. The van der Waals surface area contributed by atoms with Gasteiger partial charge in [0.05, 0.1) is 6.54 Å². The van der Waals surface area contributed by atoms with E-state index in [9.17, 15) is 9.59 Å². The Labute approximate surface area is 163 Å². The number of nitrogens with one attached hydrogen (secondary N) is 2. The molecule has 0 saturated heterocycles. The van der Waals surface area contributed by atoms with Crippen molar-refractivity contribution in [1.82, 2.24) is 10.9 Å². The van der Waals surface area contributed by atoms with Crippen LogP contribution >= 0.6 is 0 Å². The van der Waals surface area contributed by atoms with Gasteiger partial charge in [0.15, 0.2) is 11.5 Å². The number of amides is 2. The number of rotatable bonds is 5. The molecule has 0 bridgehead atoms. The minimum Gasteiger partial charge on any atom is -0.454 e. The molecule has 2 aliphatic rings. The number of benzene rings is 2. The smallest absolute Gasteiger partial charge is 0.257 e. The van der Waals surface area contributed by atoms with E-state index >= 15 is 0 Å². The Balaban J connectivity index is 1.22. The van der Waals surface area contributed by atoms with Crippen LogP contribution in [0.2, 0.25) is 0 Å². The fraction of sp³-hybridized carbons (Fsp3) is 0.333. The molecule has 0 fully saturated rings. The van der Waals surface area contributed by atoms with Gasteiger partial charge < -0.3 is 14.4 Å². The minimum absolute atomic E-state index is 0.222. The Morgan fingerprint density at radius 3 is 2.75 bits per heavy atom. The van der Waals surface area contributed by atoms with Crippen molar-refractivity contribution in [3.63, 3.8) is 0 Å². The first kappa shape index (κ1) is 18.2. The second kappa shape index (κ2) is 8.21. The summed E-state index contributed by atoms with van der Waals surface area (Å²) in [4.78, 5) is 26.3. The summed E-state index contributed by atoms with van der Waals surface area (Å²) in [6, 6.07) is 13.8. The maximum absolute atomic E-state index is 12.2. The maximum Gasteiger partial charge on any atom is 0.257 e. The second-order valence-electron chi connectivity index (χ2n) is 6.94. The van der Waals surface area contributed by atoms with Crippen LogP contribution in [-0.2, 0) is 22.4 Å². The highest BCUT2D eigenvalue weighted by atomic mass is 16.7. The van der Waals surface area contributed by atoms with Crippen molar-refractivity contribution in [3.8, 4) is 11.5 Å². The van der Waals surface area contributed by atoms with Crippen molar-refractivity contribution >= 4 is 17.5 Å². The molecule has 2 amide bonds. The van der Waals surface area contributed by atoms with Gasteiger partial charge in [-0.1, -0.05) is 24.3 Å². The summed E-state index contributed by atoms with van der Waals surface area (Å²) in [6.45, 7) is 1.29. The predicted molar refractivity (Wildman–Crippen MR) is 104 cm³/mol. The van der Waals surface area contributed by atoms with E-state index < -0.39 is 0 Å². The Kier molecular flexibility index (Phi) is 5.32. The Bertz CT molecular complexity index is 884. The van der Waals surface area contributed by atoms with E-state index in [2.05, 4.69) is 16.9 Å². The lowest BCUT2D eigenvalue weighted by atomic mass is 10.0. The molecule has 2 heterocycles. The number of hydrazine groups is 1. The summed E-state index contributed by atoms with van der Waals surface area (Å²) in [6.07, 6.45) is 2.88. The molecule has 0 unspecified atom stereocenters. The van der Waals surface area contributed by atoms with Crippen molar-refractivity contribution in [1.29, 1.82) is 0 Å². The van der Waals surface area contributed by atoms with Gasteiger partial charge in [0, 0.05) is 18.7 Å². The van der Waals surface area contributed by atoms with Crippen LogP contribution in [0.25, 0.3) is 0 Å². The van der Waals surface area contributed by atoms with Crippen LogP contribution in [0.5, 0.6) is 11.5 Å². The number of ether oxygens (including phenoxy) is 2. The fourth-order valence-corrected chi connectivity index (χ4v) is 3.54. The number of carbonyl (C=O) groups excluding carboxylic acids is 2. The van der Waals surface area contributed by atoms with Gasteiger partial charge >= 0.3 is 0 Å². The molecule has 7 nitrogen and oxygen atoms in total. The van der Waals surface area contributed by atoms with Crippen LogP contribution in [0.15, 0.2) is 42.5 Å². The molecule has 4 rings (SSSR count). The summed E-state index contributed by atoms with van der Waals surface area (Å²) in [5.41, 5.74) is 8.35. The number of hydrogen-bond donors (Lipinski definition) is 2. The van der Waals surface area contributed by atoms with Gasteiger partial charge in [-0.2, -0.15) is 0 Å². The molecule has 0 spiro atoms. The predicted octanol–water partition coefficient (Wildman–Crippen LogP) is 1.95. The molecule has 28 heavy (non-hydrogen) atoms. The quantitative estimate of drug-likeness (QED) is 0.774. The van der Waals surface area contributed by atoms with E-state index in [1.165, 1.54) is 5.56 Å². The normalized spacial score (nSPS) is 14.4. The van der Waals surface area contributed by atoms with Crippen LogP contribution < -0.4 is 25.2 Å². The first-order valence-corrected chi connectivity index (χ1v) is 9.48. The zero-order valence-corrected chi connectivity index (χ0v) is 15.6. The molecule has 0 aromatic heterocycles. The third-order valence-electron chi connectivity index (χ3n) is 4.96. The SMILES string of the molecule is O=C(CCc1ccc2c(c1)OCO2)NNC(=O)CN1CCCc2ccccc21. The fourth-order valence-electron chi connectivity index (χ4n) is 3.54. The first-order valence-electron chi connectivity index (χ1n) is 9.48. The third kappa shape index (κ3) is 4.19. The Morgan fingerprint density at radius 2 is 1.82 bits per heavy atom. The van der Waals surface area contributed by atoms with Crippen LogP contribution in [-0.4, -0.2) is 31.7 Å². The molecular weight excluding hydrogens is 358 g/mol. The largest absolute Gasteiger partial charge is 0.454 e. The average molecular weight is 381 g/mol. The molecule has 2 aliphatic heterocycles. The highest BCUT2D eigenvalue weighted by Gasteiger charge is 2.19. The van der Waals surface area contributed by atoms with Crippen molar-refractivity contribution in [2.75, 3.05) is 24.8 Å². The minimum atomic E-state index is -0.231. The van der Waals surface area contributed by atoms with Crippen LogP contribution in [0.3, 0.4) is 0 Å². The van der Waals surface area contributed by atoms with Gasteiger partial charge in [-0.25, -0.2) is 0 Å². The molecule has 2 N–H and O–H groups in total. The highest BCUT2D eigenvalue weighted by molar-refractivity contribution is 5.85. The number of nitrogens with zero attached hydrogens (tertiary/aromatic N) is 1. The number of para-hydroxylation sites is 1. The van der Waals surface area contributed by atoms with Gasteiger partial charge in [-0.3, -0.25) is 20.4 Å². The van der Waals surface area contributed by atoms with Crippen molar-refractivity contribution in [2.45, 2.75) is 25.7 Å². The second-order valence-corrected chi connectivity index (χ2v) is 6.94. The van der Waals surface area contributed by atoms with Crippen LogP contribution in [0.4, 0.5) is 5.69 Å². The lowest BCUT2D eigenvalue weighted by Crippen LogP contribution is -2.47.